The number of hydrogen-bond donors (Lipinski definition) is 2. The van der Waals surface area contributed by atoms with Crippen LogP contribution in [0.4, 0.5) is 11.4 Å². The van der Waals surface area contributed by atoms with Gasteiger partial charge in [-0.15, -0.1) is 0 Å². The van der Waals surface area contributed by atoms with Crippen molar-refractivity contribution >= 4 is 11.4 Å². The van der Waals surface area contributed by atoms with Gasteiger partial charge < -0.3 is 10.6 Å². The Labute approximate surface area is 237 Å². The lowest BCUT2D eigenvalue weighted by Crippen LogP contribution is -2.34. The molecule has 0 amide bonds. The predicted molar refractivity (Wildman–Crippen MR) is 160 cm³/mol. The first kappa shape index (κ1) is 27.0. The van der Waals surface area contributed by atoms with Gasteiger partial charge in [0.05, 0.1) is 0 Å². The lowest BCUT2D eigenvalue weighted by Gasteiger charge is -2.19. The summed E-state index contributed by atoms with van der Waals surface area (Å²) in [5, 5.41) is 7.36. The first-order valence-corrected chi connectivity index (χ1v) is 14.1. The van der Waals surface area contributed by atoms with E-state index in [0.29, 0.717) is 11.8 Å². The summed E-state index contributed by atoms with van der Waals surface area (Å²) >= 11 is 0. The van der Waals surface area contributed by atoms with Crippen LogP contribution >= 0.6 is 0 Å². The molecule has 2 atom stereocenters. The van der Waals surface area contributed by atoms with E-state index in [4.69, 9.17) is 0 Å². The predicted octanol–water partition coefficient (Wildman–Crippen LogP) is 5.62. The number of benzene rings is 1. The van der Waals surface area contributed by atoms with Crippen LogP contribution in [0.1, 0.15) is 36.1 Å². The summed E-state index contributed by atoms with van der Waals surface area (Å²) in [7, 11) is 0. The largest absolute Gasteiger partial charge is 0.384 e. The van der Waals surface area contributed by atoms with Crippen molar-refractivity contribution in [1.29, 1.82) is 0 Å². The molecule has 2 N–H and O–H groups in total. The van der Waals surface area contributed by atoms with Crippen molar-refractivity contribution in [1.82, 2.24) is 9.97 Å². The number of nitrogens with one attached hydrogen (secondary N) is 2. The smallest absolute Gasteiger partial charge is 0.168 e. The Hall–Kier alpha value is -4.58. The number of aromatic nitrogens is 4. The van der Waals surface area contributed by atoms with Gasteiger partial charge in [-0.25, -0.2) is 9.13 Å². The van der Waals surface area contributed by atoms with Gasteiger partial charge in [0.2, 0.25) is 0 Å². The molecule has 1 aromatic carbocycles. The van der Waals surface area contributed by atoms with Crippen molar-refractivity contribution in [2.24, 2.45) is 0 Å². The average Bonchev–Trinajstić information content (AvgIpc) is 3.03. The number of pyridine rings is 4. The molecule has 2 unspecified atom stereocenters. The number of aryl methyl sites for hydroxylation is 2. The molecular formula is C34H38N6+2. The third kappa shape index (κ3) is 8.21. The molecular weight excluding hydrogens is 492 g/mol. The van der Waals surface area contributed by atoms with Crippen LogP contribution in [-0.2, 0) is 13.1 Å². The Morgan fingerprint density at radius 3 is 1.43 bits per heavy atom. The van der Waals surface area contributed by atoms with E-state index in [9.17, 15) is 0 Å². The standard InChI is InChI=1S/C34H38N6/c1-7-20-39(21-8-1)24-16-29(33-14-3-5-18-35-33)27-37-31-12-11-13-32(26-31)38-28-30(34-15-4-6-19-36-34)17-25-40-22-9-2-10-23-40/h1-15,18-23,26,29-30,37-38H,16-17,24-25,27-28H2/q+2. The fraction of sp³-hybridized carbons (Fsp3) is 0.235. The Bertz CT molecular complexity index is 1290. The molecule has 6 nitrogen and oxygen atoms in total. The highest BCUT2D eigenvalue weighted by Gasteiger charge is 2.17. The lowest BCUT2D eigenvalue weighted by molar-refractivity contribution is -0.697. The van der Waals surface area contributed by atoms with E-state index in [1.165, 1.54) is 0 Å². The number of rotatable bonds is 14. The van der Waals surface area contributed by atoms with Crippen molar-refractivity contribution in [3.8, 4) is 0 Å². The van der Waals surface area contributed by atoms with E-state index in [0.717, 1.165) is 61.8 Å². The highest BCUT2D eigenvalue weighted by molar-refractivity contribution is 5.57. The summed E-state index contributed by atoms with van der Waals surface area (Å²) in [4.78, 5) is 9.34. The molecule has 5 aromatic rings. The molecule has 0 aliphatic rings. The second kappa shape index (κ2) is 14.5. The number of hydrogen-bond acceptors (Lipinski definition) is 4. The second-order valence-corrected chi connectivity index (χ2v) is 10.0. The first-order valence-electron chi connectivity index (χ1n) is 14.1. The molecule has 0 saturated heterocycles. The van der Waals surface area contributed by atoms with Crippen LogP contribution in [0, 0.1) is 0 Å². The van der Waals surface area contributed by atoms with E-state index >= 15 is 0 Å². The van der Waals surface area contributed by atoms with Gasteiger partial charge in [-0.3, -0.25) is 9.97 Å². The summed E-state index contributed by atoms with van der Waals surface area (Å²) in [6.07, 6.45) is 14.3. The van der Waals surface area contributed by atoms with Crippen molar-refractivity contribution < 1.29 is 9.13 Å². The van der Waals surface area contributed by atoms with Crippen molar-refractivity contribution in [3.63, 3.8) is 0 Å². The van der Waals surface area contributed by atoms with Gasteiger partial charge >= 0.3 is 0 Å². The van der Waals surface area contributed by atoms with E-state index in [1.54, 1.807) is 0 Å². The van der Waals surface area contributed by atoms with Crippen LogP contribution in [0.2, 0.25) is 0 Å². The maximum absolute atomic E-state index is 4.67. The van der Waals surface area contributed by atoms with Crippen LogP contribution < -0.4 is 19.8 Å². The van der Waals surface area contributed by atoms with Gasteiger partial charge in [-0.1, -0.05) is 30.3 Å². The third-order valence-corrected chi connectivity index (χ3v) is 7.21. The molecule has 5 rings (SSSR count). The van der Waals surface area contributed by atoms with Crippen molar-refractivity contribution in [2.45, 2.75) is 37.8 Å². The minimum Gasteiger partial charge on any atom is -0.384 e. The monoisotopic (exact) mass is 530 g/mol. The molecule has 0 spiro atoms. The van der Waals surface area contributed by atoms with Gasteiger partial charge in [0.25, 0.3) is 0 Å². The van der Waals surface area contributed by atoms with E-state index in [2.05, 4.69) is 139 Å². The zero-order valence-corrected chi connectivity index (χ0v) is 22.9. The van der Waals surface area contributed by atoms with Crippen LogP contribution in [0.5, 0.6) is 0 Å². The van der Waals surface area contributed by atoms with Gasteiger partial charge in [-0.05, 0) is 42.5 Å². The Morgan fingerprint density at radius 1 is 0.525 bits per heavy atom. The zero-order valence-electron chi connectivity index (χ0n) is 22.9. The fourth-order valence-electron chi connectivity index (χ4n) is 4.94. The van der Waals surface area contributed by atoms with Gasteiger partial charge in [0.15, 0.2) is 24.8 Å². The average molecular weight is 531 g/mol. The van der Waals surface area contributed by atoms with E-state index in [1.807, 2.05) is 24.5 Å². The van der Waals surface area contributed by atoms with E-state index in [-0.39, 0.29) is 0 Å². The Balaban J connectivity index is 1.21. The number of nitrogens with zero attached hydrogens (tertiary/aromatic N) is 4. The third-order valence-electron chi connectivity index (χ3n) is 7.21. The highest BCUT2D eigenvalue weighted by Crippen LogP contribution is 2.23. The van der Waals surface area contributed by atoms with Gasteiger partial charge in [0, 0.05) is 97.2 Å². The van der Waals surface area contributed by atoms with Crippen LogP contribution in [0.15, 0.2) is 134 Å². The molecule has 0 aliphatic carbocycles. The molecule has 0 aliphatic heterocycles. The summed E-state index contributed by atoms with van der Waals surface area (Å²) in [5.41, 5.74) is 4.45. The first-order chi connectivity index (χ1) is 19.8. The Kier molecular flexibility index (Phi) is 9.82. The normalized spacial score (nSPS) is 12.4. The maximum Gasteiger partial charge on any atom is 0.168 e. The van der Waals surface area contributed by atoms with Crippen LogP contribution in [0.25, 0.3) is 0 Å². The maximum atomic E-state index is 4.67. The summed E-state index contributed by atoms with van der Waals surface area (Å²) < 4.78 is 4.46. The van der Waals surface area contributed by atoms with Gasteiger partial charge in [0.1, 0.15) is 13.1 Å². The SMILES string of the molecule is c1cc[n+](CCC(CNc2cccc(NCC(CC[n+]3ccccc3)c3ccccn3)c2)c2ccccn2)cc1. The summed E-state index contributed by atoms with van der Waals surface area (Å²) in [6.45, 7) is 3.53. The van der Waals surface area contributed by atoms with Crippen LogP contribution in [0.3, 0.4) is 0 Å². The molecule has 40 heavy (non-hydrogen) atoms. The lowest BCUT2D eigenvalue weighted by atomic mass is 10.00. The molecule has 4 heterocycles. The highest BCUT2D eigenvalue weighted by atomic mass is 14.9. The van der Waals surface area contributed by atoms with Crippen molar-refractivity contribution in [2.75, 3.05) is 23.7 Å². The molecule has 6 heteroatoms. The minimum atomic E-state index is 0.301. The van der Waals surface area contributed by atoms with E-state index < -0.39 is 0 Å². The zero-order chi connectivity index (χ0) is 27.2. The molecule has 4 aromatic heterocycles. The molecule has 202 valence electrons. The molecule has 0 bridgehead atoms. The van der Waals surface area contributed by atoms with Crippen LogP contribution in [-0.4, -0.2) is 23.1 Å². The molecule has 0 saturated carbocycles. The van der Waals surface area contributed by atoms with Gasteiger partial charge in [-0.2, -0.15) is 0 Å². The van der Waals surface area contributed by atoms with Crippen molar-refractivity contribution in [3.05, 3.63) is 146 Å². The number of anilines is 2. The summed E-state index contributed by atoms with van der Waals surface area (Å²) in [6, 6.07) is 33.3. The Morgan fingerprint density at radius 2 is 1.00 bits per heavy atom. The topological polar surface area (TPSA) is 57.6 Å². The fourth-order valence-corrected chi connectivity index (χ4v) is 4.94. The molecule has 0 radical (unpaired) electrons. The molecule has 0 fully saturated rings. The quantitative estimate of drug-likeness (QED) is 0.183. The minimum absolute atomic E-state index is 0.301. The second-order valence-electron chi connectivity index (χ2n) is 10.0. The summed E-state index contributed by atoms with van der Waals surface area (Å²) in [5.74, 6) is 0.601.